The van der Waals surface area contributed by atoms with Crippen molar-refractivity contribution < 1.29 is 4.79 Å². The zero-order valence-corrected chi connectivity index (χ0v) is 10.9. The van der Waals surface area contributed by atoms with Gasteiger partial charge in [-0.05, 0) is 10.4 Å². The Hall–Kier alpha value is -1.15. The van der Waals surface area contributed by atoms with Gasteiger partial charge in [0.05, 0.1) is 6.54 Å². The fourth-order valence-corrected chi connectivity index (χ4v) is 2.00. The molecule has 3 N–H and O–H groups in total. The molecule has 0 radical (unpaired) electrons. The van der Waals surface area contributed by atoms with E-state index in [4.69, 9.17) is 5.73 Å². The predicted octanol–water partition coefficient (Wildman–Crippen LogP) is -0.361. The lowest BCUT2D eigenvalue weighted by molar-refractivity contribution is -0.117. The number of hydrogen-bond acceptors (Lipinski definition) is 6. The lowest BCUT2D eigenvalue weighted by Crippen LogP contribution is -2.27. The first-order chi connectivity index (χ1) is 8.09. The van der Waals surface area contributed by atoms with Crippen molar-refractivity contribution in [2.75, 3.05) is 12.3 Å². The molecular formula is C9H18N6OS. The van der Waals surface area contributed by atoms with Crippen LogP contribution in [-0.2, 0) is 11.3 Å². The number of rotatable bonds is 8. The maximum Gasteiger partial charge on any atom is 0.218 e. The third kappa shape index (κ3) is 5.64. The van der Waals surface area contributed by atoms with E-state index in [1.807, 2.05) is 0 Å². The minimum atomic E-state index is -0.307. The first kappa shape index (κ1) is 13.9. The van der Waals surface area contributed by atoms with Crippen LogP contribution in [0.5, 0.6) is 0 Å². The van der Waals surface area contributed by atoms with Crippen LogP contribution < -0.4 is 11.1 Å². The SMILES string of the molecule is CC(C)NCCn1nnnc1SCCC(N)=O. The standard InChI is InChI=1S/C9H18N6OS/c1-7(2)11-4-5-15-9(12-13-14-15)17-6-3-8(10)16/h7,11H,3-6H2,1-2H3,(H2,10,16). The molecule has 96 valence electrons. The first-order valence-corrected chi connectivity index (χ1v) is 6.49. The summed E-state index contributed by atoms with van der Waals surface area (Å²) in [6.07, 6.45) is 0.335. The second kappa shape index (κ2) is 7.23. The number of carbonyl (C=O) groups excluding carboxylic acids is 1. The van der Waals surface area contributed by atoms with E-state index in [0.29, 0.717) is 24.8 Å². The lowest BCUT2D eigenvalue weighted by Gasteiger charge is -2.08. The van der Waals surface area contributed by atoms with Crippen LogP contribution in [0.1, 0.15) is 20.3 Å². The third-order valence-corrected chi connectivity index (χ3v) is 2.91. The van der Waals surface area contributed by atoms with Gasteiger partial charge in [0.15, 0.2) is 0 Å². The smallest absolute Gasteiger partial charge is 0.218 e. The van der Waals surface area contributed by atoms with Crippen molar-refractivity contribution >= 4 is 17.7 Å². The molecule has 1 aromatic heterocycles. The molecule has 0 saturated carbocycles. The molecule has 0 saturated heterocycles. The Morgan fingerprint density at radius 2 is 2.35 bits per heavy atom. The highest BCUT2D eigenvalue weighted by molar-refractivity contribution is 7.99. The summed E-state index contributed by atoms with van der Waals surface area (Å²) in [5.41, 5.74) is 5.06. The molecule has 7 nitrogen and oxygen atoms in total. The van der Waals surface area contributed by atoms with Gasteiger partial charge in [-0.1, -0.05) is 25.6 Å². The molecule has 0 aliphatic heterocycles. The van der Waals surface area contributed by atoms with E-state index in [1.165, 1.54) is 11.8 Å². The molecule has 1 amide bonds. The molecule has 1 rings (SSSR count). The fourth-order valence-electron chi connectivity index (χ4n) is 1.14. The van der Waals surface area contributed by atoms with Crippen LogP contribution in [0.3, 0.4) is 0 Å². The fraction of sp³-hybridized carbons (Fsp3) is 0.778. The van der Waals surface area contributed by atoms with Crippen LogP contribution in [0.2, 0.25) is 0 Å². The number of amides is 1. The Labute approximate surface area is 105 Å². The Morgan fingerprint density at radius 1 is 1.59 bits per heavy atom. The molecule has 1 aromatic rings. The second-order valence-corrected chi connectivity index (χ2v) is 4.92. The zero-order chi connectivity index (χ0) is 12.7. The van der Waals surface area contributed by atoms with E-state index in [2.05, 4.69) is 34.7 Å². The molecular weight excluding hydrogens is 240 g/mol. The van der Waals surface area contributed by atoms with E-state index >= 15 is 0 Å². The number of thioether (sulfide) groups is 1. The van der Waals surface area contributed by atoms with Gasteiger partial charge < -0.3 is 11.1 Å². The molecule has 0 bridgehead atoms. The molecule has 0 aromatic carbocycles. The molecule has 0 aliphatic rings. The van der Waals surface area contributed by atoms with Crippen molar-refractivity contribution in [3.8, 4) is 0 Å². The van der Waals surface area contributed by atoms with Gasteiger partial charge in [0.2, 0.25) is 11.1 Å². The Balaban J connectivity index is 2.34. The Bertz CT molecular complexity index is 353. The maximum absolute atomic E-state index is 10.6. The number of carbonyl (C=O) groups is 1. The predicted molar refractivity (Wildman–Crippen MR) is 65.5 cm³/mol. The van der Waals surface area contributed by atoms with Gasteiger partial charge in [-0.3, -0.25) is 4.79 Å². The van der Waals surface area contributed by atoms with Crippen LogP contribution in [0, 0.1) is 0 Å². The van der Waals surface area contributed by atoms with E-state index in [0.717, 1.165) is 11.7 Å². The minimum Gasteiger partial charge on any atom is -0.370 e. The van der Waals surface area contributed by atoms with Crippen molar-refractivity contribution in [1.29, 1.82) is 0 Å². The normalized spacial score (nSPS) is 11.0. The molecule has 0 unspecified atom stereocenters. The summed E-state index contributed by atoms with van der Waals surface area (Å²) in [4.78, 5) is 10.6. The summed E-state index contributed by atoms with van der Waals surface area (Å²) in [5, 5.41) is 15.4. The summed E-state index contributed by atoms with van der Waals surface area (Å²) in [6, 6.07) is 0.442. The monoisotopic (exact) mass is 258 g/mol. The largest absolute Gasteiger partial charge is 0.370 e. The summed E-state index contributed by atoms with van der Waals surface area (Å²) < 4.78 is 1.72. The molecule has 1 heterocycles. The number of hydrogen-bond donors (Lipinski definition) is 2. The third-order valence-electron chi connectivity index (χ3n) is 1.95. The second-order valence-electron chi connectivity index (χ2n) is 3.86. The Morgan fingerprint density at radius 3 is 3.00 bits per heavy atom. The molecule has 0 aliphatic carbocycles. The van der Waals surface area contributed by atoms with Crippen LogP contribution >= 0.6 is 11.8 Å². The van der Waals surface area contributed by atoms with E-state index in [1.54, 1.807) is 4.68 Å². The zero-order valence-electron chi connectivity index (χ0n) is 10.1. The van der Waals surface area contributed by atoms with Crippen molar-refractivity contribution in [2.24, 2.45) is 5.73 Å². The van der Waals surface area contributed by atoms with E-state index in [9.17, 15) is 4.79 Å². The molecule has 0 fully saturated rings. The van der Waals surface area contributed by atoms with Gasteiger partial charge in [0.1, 0.15) is 0 Å². The van der Waals surface area contributed by atoms with Crippen LogP contribution in [0.15, 0.2) is 5.16 Å². The summed E-state index contributed by atoms with van der Waals surface area (Å²) in [7, 11) is 0. The molecule has 8 heteroatoms. The Kier molecular flexibility index (Phi) is 5.92. The van der Waals surface area contributed by atoms with Crippen molar-refractivity contribution in [3.05, 3.63) is 0 Å². The molecule has 17 heavy (non-hydrogen) atoms. The van der Waals surface area contributed by atoms with Crippen molar-refractivity contribution in [2.45, 2.75) is 38.0 Å². The van der Waals surface area contributed by atoms with E-state index < -0.39 is 0 Å². The number of aromatic nitrogens is 4. The summed E-state index contributed by atoms with van der Waals surface area (Å²) >= 11 is 1.44. The number of nitrogens with one attached hydrogen (secondary N) is 1. The summed E-state index contributed by atoms with van der Waals surface area (Å²) in [6.45, 7) is 5.69. The highest BCUT2D eigenvalue weighted by atomic mass is 32.2. The van der Waals surface area contributed by atoms with Crippen LogP contribution in [0.4, 0.5) is 0 Å². The van der Waals surface area contributed by atoms with Crippen LogP contribution in [-0.4, -0.2) is 44.5 Å². The van der Waals surface area contributed by atoms with Gasteiger partial charge in [-0.25, -0.2) is 4.68 Å². The topological polar surface area (TPSA) is 98.7 Å². The van der Waals surface area contributed by atoms with Gasteiger partial charge in [0.25, 0.3) is 0 Å². The highest BCUT2D eigenvalue weighted by Gasteiger charge is 2.07. The molecule has 0 spiro atoms. The highest BCUT2D eigenvalue weighted by Crippen LogP contribution is 2.13. The lowest BCUT2D eigenvalue weighted by atomic mass is 10.4. The number of nitrogens with zero attached hydrogens (tertiary/aromatic N) is 4. The van der Waals surface area contributed by atoms with E-state index in [-0.39, 0.29) is 5.91 Å². The van der Waals surface area contributed by atoms with Gasteiger partial charge in [0, 0.05) is 24.8 Å². The van der Waals surface area contributed by atoms with Crippen LogP contribution in [0.25, 0.3) is 0 Å². The quantitative estimate of drug-likeness (QED) is 0.618. The average Bonchev–Trinajstić information content (AvgIpc) is 2.65. The van der Waals surface area contributed by atoms with Crippen molar-refractivity contribution in [1.82, 2.24) is 25.5 Å². The summed E-state index contributed by atoms with van der Waals surface area (Å²) in [5.74, 6) is 0.297. The van der Waals surface area contributed by atoms with Crippen molar-refractivity contribution in [3.63, 3.8) is 0 Å². The van der Waals surface area contributed by atoms with Gasteiger partial charge >= 0.3 is 0 Å². The van der Waals surface area contributed by atoms with Gasteiger partial charge in [-0.15, -0.1) is 5.10 Å². The first-order valence-electron chi connectivity index (χ1n) is 5.50. The number of nitrogens with two attached hydrogens (primary N) is 1. The molecule has 0 atom stereocenters. The number of primary amides is 1. The maximum atomic E-state index is 10.6. The average molecular weight is 258 g/mol. The number of tetrazole rings is 1. The van der Waals surface area contributed by atoms with Gasteiger partial charge in [-0.2, -0.15) is 0 Å². The minimum absolute atomic E-state index is 0.307.